The Morgan fingerprint density at radius 1 is 1.65 bits per heavy atom. The predicted molar refractivity (Wildman–Crippen MR) is 64.7 cm³/mol. The van der Waals surface area contributed by atoms with Crippen molar-refractivity contribution in [3.8, 4) is 0 Å². The molecule has 1 N–H and O–H groups in total. The summed E-state index contributed by atoms with van der Waals surface area (Å²) in [6, 6.07) is 1.73. The fourth-order valence-corrected chi connectivity index (χ4v) is 2.00. The minimum absolute atomic E-state index is 0.0352. The lowest BCUT2D eigenvalue weighted by Gasteiger charge is -2.30. The van der Waals surface area contributed by atoms with E-state index in [4.69, 9.17) is 4.42 Å². The first-order valence-corrected chi connectivity index (χ1v) is 5.83. The number of nitrogens with one attached hydrogen (secondary N) is 1. The van der Waals surface area contributed by atoms with Gasteiger partial charge in [-0.15, -0.1) is 0 Å². The highest BCUT2D eigenvalue weighted by Gasteiger charge is 2.25. The molecule has 0 saturated carbocycles. The van der Waals surface area contributed by atoms with E-state index in [1.165, 1.54) is 6.42 Å². The van der Waals surface area contributed by atoms with Crippen LogP contribution in [0.2, 0.25) is 0 Å². The highest BCUT2D eigenvalue weighted by molar-refractivity contribution is 5.84. The average Bonchev–Trinajstić information content (AvgIpc) is 2.82. The molecule has 1 aliphatic heterocycles. The molecule has 0 bridgehead atoms. The van der Waals surface area contributed by atoms with Gasteiger partial charge in [-0.1, -0.05) is 6.42 Å². The zero-order chi connectivity index (χ0) is 12.1. The smallest absolute Gasteiger partial charge is 0.257 e. The fourth-order valence-electron chi connectivity index (χ4n) is 2.00. The van der Waals surface area contributed by atoms with Crippen LogP contribution in [0, 0.1) is 0 Å². The minimum atomic E-state index is -0.0507. The van der Waals surface area contributed by atoms with Crippen LogP contribution in [0.15, 0.2) is 28.1 Å². The van der Waals surface area contributed by atoms with E-state index in [0.717, 1.165) is 24.9 Å². The van der Waals surface area contributed by atoms with Gasteiger partial charge in [0.2, 0.25) is 0 Å². The van der Waals surface area contributed by atoms with Crippen molar-refractivity contribution in [3.63, 3.8) is 0 Å². The summed E-state index contributed by atoms with van der Waals surface area (Å²) in [5.41, 5.74) is 3.40. The molecule has 1 atom stereocenters. The Balaban J connectivity index is 1.84. The third-order valence-electron chi connectivity index (χ3n) is 3.00. The molecule has 0 radical (unpaired) electrons. The van der Waals surface area contributed by atoms with Gasteiger partial charge in [-0.05, 0) is 32.5 Å². The van der Waals surface area contributed by atoms with Gasteiger partial charge in [0.05, 0.1) is 24.8 Å². The summed E-state index contributed by atoms with van der Waals surface area (Å²) in [7, 11) is 1.98. The van der Waals surface area contributed by atoms with Crippen molar-refractivity contribution >= 4 is 12.1 Å². The summed E-state index contributed by atoms with van der Waals surface area (Å²) >= 11 is 0. The molecule has 0 aliphatic carbocycles. The van der Waals surface area contributed by atoms with E-state index >= 15 is 0 Å². The molecule has 5 heteroatoms. The lowest BCUT2D eigenvalue weighted by molar-refractivity contribution is -0.126. The van der Waals surface area contributed by atoms with Crippen molar-refractivity contribution in [2.24, 2.45) is 5.10 Å². The Labute approximate surface area is 100 Å². The minimum Gasteiger partial charge on any atom is -0.472 e. The van der Waals surface area contributed by atoms with Crippen LogP contribution >= 0.6 is 0 Å². The lowest BCUT2D eigenvalue weighted by atomic mass is 10.0. The van der Waals surface area contributed by atoms with E-state index in [9.17, 15) is 4.79 Å². The Morgan fingerprint density at radius 3 is 3.24 bits per heavy atom. The van der Waals surface area contributed by atoms with Gasteiger partial charge in [-0.3, -0.25) is 9.69 Å². The topological polar surface area (TPSA) is 57.8 Å². The van der Waals surface area contributed by atoms with Crippen molar-refractivity contribution in [1.82, 2.24) is 10.3 Å². The summed E-state index contributed by atoms with van der Waals surface area (Å²) in [5.74, 6) is -0.0352. The monoisotopic (exact) mass is 235 g/mol. The Bertz CT molecular complexity index is 386. The summed E-state index contributed by atoms with van der Waals surface area (Å²) in [4.78, 5) is 13.9. The first-order chi connectivity index (χ1) is 8.27. The third kappa shape index (κ3) is 3.17. The molecule has 0 aromatic carbocycles. The molecular formula is C12H17N3O2. The standard InChI is InChI=1S/C12H17N3O2/c1-15-6-3-2-4-11(15)12(16)14-13-8-10-5-7-17-9-10/h5,7-9,11H,2-4,6H2,1H3,(H,14,16)/b13-8+. The van der Waals surface area contributed by atoms with Gasteiger partial charge >= 0.3 is 0 Å². The molecule has 1 fully saturated rings. The van der Waals surface area contributed by atoms with E-state index < -0.39 is 0 Å². The van der Waals surface area contributed by atoms with Gasteiger partial charge < -0.3 is 4.42 Å². The maximum atomic E-state index is 11.8. The van der Waals surface area contributed by atoms with Crippen molar-refractivity contribution in [3.05, 3.63) is 24.2 Å². The van der Waals surface area contributed by atoms with Gasteiger partial charge in [-0.2, -0.15) is 5.10 Å². The van der Waals surface area contributed by atoms with Gasteiger partial charge in [0, 0.05) is 5.56 Å². The van der Waals surface area contributed by atoms with Crippen molar-refractivity contribution < 1.29 is 9.21 Å². The normalized spacial score (nSPS) is 21.8. The number of likely N-dealkylation sites (N-methyl/N-ethyl adjacent to an activating group) is 1. The Kier molecular flexibility index (Phi) is 3.93. The molecular weight excluding hydrogens is 218 g/mol. The average molecular weight is 235 g/mol. The van der Waals surface area contributed by atoms with Crippen LogP contribution in [0.3, 0.4) is 0 Å². The summed E-state index contributed by atoms with van der Waals surface area (Å²) in [5, 5.41) is 3.91. The van der Waals surface area contributed by atoms with Crippen LogP contribution in [0.4, 0.5) is 0 Å². The van der Waals surface area contributed by atoms with Crippen LogP contribution in [0.25, 0.3) is 0 Å². The van der Waals surface area contributed by atoms with Crippen molar-refractivity contribution in [2.75, 3.05) is 13.6 Å². The predicted octanol–water partition coefficient (Wildman–Crippen LogP) is 1.21. The van der Waals surface area contributed by atoms with E-state index in [-0.39, 0.29) is 11.9 Å². The molecule has 1 amide bonds. The second kappa shape index (κ2) is 5.63. The number of hydrazone groups is 1. The number of hydrogen-bond acceptors (Lipinski definition) is 4. The molecule has 1 saturated heterocycles. The van der Waals surface area contributed by atoms with Gasteiger partial charge in [0.15, 0.2) is 0 Å². The number of carbonyl (C=O) groups excluding carboxylic acids is 1. The highest BCUT2D eigenvalue weighted by Crippen LogP contribution is 2.14. The van der Waals surface area contributed by atoms with Crippen LogP contribution in [0.1, 0.15) is 24.8 Å². The van der Waals surface area contributed by atoms with E-state index in [2.05, 4.69) is 15.4 Å². The molecule has 1 aromatic rings. The molecule has 2 rings (SSSR count). The number of hydrogen-bond donors (Lipinski definition) is 1. The van der Waals surface area contributed by atoms with Gasteiger partial charge in [0.1, 0.15) is 0 Å². The van der Waals surface area contributed by atoms with Gasteiger partial charge in [-0.25, -0.2) is 5.43 Å². The van der Waals surface area contributed by atoms with Crippen molar-refractivity contribution in [2.45, 2.75) is 25.3 Å². The number of carbonyl (C=O) groups is 1. The molecule has 92 valence electrons. The maximum Gasteiger partial charge on any atom is 0.257 e. The van der Waals surface area contributed by atoms with E-state index in [0.29, 0.717) is 0 Å². The zero-order valence-corrected chi connectivity index (χ0v) is 9.93. The summed E-state index contributed by atoms with van der Waals surface area (Å²) < 4.78 is 4.89. The summed E-state index contributed by atoms with van der Waals surface area (Å²) in [6.07, 6.45) is 7.89. The van der Waals surface area contributed by atoms with E-state index in [1.54, 1.807) is 24.8 Å². The SMILES string of the molecule is CN1CCCCC1C(=O)N/N=C/c1ccoc1. The first-order valence-electron chi connectivity index (χ1n) is 5.83. The number of likely N-dealkylation sites (tertiary alicyclic amines) is 1. The third-order valence-corrected chi connectivity index (χ3v) is 3.00. The van der Waals surface area contributed by atoms with Crippen LogP contribution in [0.5, 0.6) is 0 Å². The molecule has 1 aromatic heterocycles. The molecule has 2 heterocycles. The zero-order valence-electron chi connectivity index (χ0n) is 9.93. The Hall–Kier alpha value is -1.62. The quantitative estimate of drug-likeness (QED) is 0.633. The fraction of sp³-hybridized carbons (Fsp3) is 0.500. The van der Waals surface area contributed by atoms with E-state index in [1.807, 2.05) is 7.05 Å². The molecule has 0 spiro atoms. The molecule has 5 nitrogen and oxygen atoms in total. The molecule has 1 aliphatic rings. The maximum absolute atomic E-state index is 11.8. The number of rotatable bonds is 3. The number of amides is 1. The second-order valence-electron chi connectivity index (χ2n) is 4.28. The van der Waals surface area contributed by atoms with Crippen LogP contribution < -0.4 is 5.43 Å². The summed E-state index contributed by atoms with van der Waals surface area (Å²) in [6.45, 7) is 0.976. The number of furan rings is 1. The lowest BCUT2D eigenvalue weighted by Crippen LogP contribution is -2.46. The van der Waals surface area contributed by atoms with Gasteiger partial charge in [0.25, 0.3) is 5.91 Å². The Morgan fingerprint density at radius 2 is 2.53 bits per heavy atom. The number of piperidine rings is 1. The molecule has 17 heavy (non-hydrogen) atoms. The van der Waals surface area contributed by atoms with Crippen LogP contribution in [-0.2, 0) is 4.79 Å². The second-order valence-corrected chi connectivity index (χ2v) is 4.28. The first kappa shape index (κ1) is 11.9. The highest BCUT2D eigenvalue weighted by atomic mass is 16.3. The largest absolute Gasteiger partial charge is 0.472 e. The van der Waals surface area contributed by atoms with Crippen molar-refractivity contribution in [1.29, 1.82) is 0 Å². The number of nitrogens with zero attached hydrogens (tertiary/aromatic N) is 2. The molecule has 1 unspecified atom stereocenters. The van der Waals surface area contributed by atoms with Crippen LogP contribution in [-0.4, -0.2) is 36.7 Å².